The number of likely N-dealkylation sites (N-methyl/N-ethyl adjacent to an activating group) is 1. The monoisotopic (exact) mass is 260 g/mol. The first-order valence-electron chi connectivity index (χ1n) is 7.30. The average molecular weight is 260 g/mol. The summed E-state index contributed by atoms with van der Waals surface area (Å²) in [6, 6.07) is 0.976. The molecule has 0 spiro atoms. The van der Waals surface area contributed by atoms with Crippen molar-refractivity contribution in [3.8, 4) is 0 Å². The Morgan fingerprint density at radius 3 is 1.83 bits per heavy atom. The number of nitrogens with one attached hydrogen (secondary N) is 1. The van der Waals surface area contributed by atoms with E-state index in [0.717, 1.165) is 46.1 Å². The third-order valence-corrected chi connectivity index (χ3v) is 3.28. The molecule has 4 nitrogen and oxygen atoms in total. The van der Waals surface area contributed by atoms with Gasteiger partial charge in [-0.15, -0.1) is 0 Å². The van der Waals surface area contributed by atoms with Crippen LogP contribution in [0.1, 0.15) is 34.6 Å². The van der Waals surface area contributed by atoms with Crippen LogP contribution >= 0.6 is 0 Å². The molecule has 0 aliphatic rings. The highest BCUT2D eigenvalue weighted by atomic mass is 16.5. The Kier molecular flexibility index (Phi) is 11.8. The second kappa shape index (κ2) is 11.9. The number of hydrogen-bond donors (Lipinski definition) is 1. The molecule has 0 fully saturated rings. The summed E-state index contributed by atoms with van der Waals surface area (Å²) in [6.45, 7) is 16.8. The molecule has 0 amide bonds. The van der Waals surface area contributed by atoms with Crippen LogP contribution in [0.15, 0.2) is 0 Å². The lowest BCUT2D eigenvalue weighted by Gasteiger charge is -2.33. The van der Waals surface area contributed by atoms with Crippen LogP contribution in [0.25, 0.3) is 0 Å². The summed E-state index contributed by atoms with van der Waals surface area (Å²) < 4.78 is 10.9. The topological polar surface area (TPSA) is 33.7 Å². The van der Waals surface area contributed by atoms with Crippen molar-refractivity contribution >= 4 is 0 Å². The van der Waals surface area contributed by atoms with E-state index in [1.165, 1.54) is 0 Å². The van der Waals surface area contributed by atoms with Crippen molar-refractivity contribution < 1.29 is 9.47 Å². The standard InChI is InChI=1S/C14H32N2O2/c1-6-15-13(4)14(5)16(9-11-17-7-2)10-12-18-8-3/h13-15H,6-12H2,1-5H3. The SMILES string of the molecule is CCNC(C)C(C)N(CCOCC)CCOCC. The first kappa shape index (κ1) is 17.8. The van der Waals surface area contributed by atoms with Crippen molar-refractivity contribution in [3.63, 3.8) is 0 Å². The summed E-state index contributed by atoms with van der Waals surface area (Å²) in [7, 11) is 0. The minimum absolute atomic E-state index is 0.484. The molecular formula is C14H32N2O2. The van der Waals surface area contributed by atoms with E-state index in [1.807, 2.05) is 13.8 Å². The van der Waals surface area contributed by atoms with Crippen molar-refractivity contribution in [3.05, 3.63) is 0 Å². The maximum atomic E-state index is 5.46. The normalized spacial score (nSPS) is 15.0. The zero-order chi connectivity index (χ0) is 13.8. The van der Waals surface area contributed by atoms with Crippen LogP contribution in [-0.2, 0) is 9.47 Å². The van der Waals surface area contributed by atoms with Crippen molar-refractivity contribution in [1.82, 2.24) is 10.2 Å². The Hall–Kier alpha value is -0.160. The van der Waals surface area contributed by atoms with Crippen LogP contribution < -0.4 is 5.32 Å². The van der Waals surface area contributed by atoms with Gasteiger partial charge in [-0.3, -0.25) is 4.90 Å². The van der Waals surface area contributed by atoms with Gasteiger partial charge in [-0.2, -0.15) is 0 Å². The second-order valence-electron chi connectivity index (χ2n) is 4.52. The molecule has 18 heavy (non-hydrogen) atoms. The number of rotatable bonds is 12. The van der Waals surface area contributed by atoms with E-state index in [-0.39, 0.29) is 0 Å². The summed E-state index contributed by atoms with van der Waals surface area (Å²) in [5.74, 6) is 0. The van der Waals surface area contributed by atoms with E-state index in [1.54, 1.807) is 0 Å². The van der Waals surface area contributed by atoms with Gasteiger partial charge in [0.2, 0.25) is 0 Å². The van der Waals surface area contributed by atoms with Gasteiger partial charge in [-0.1, -0.05) is 6.92 Å². The maximum Gasteiger partial charge on any atom is 0.0593 e. The number of hydrogen-bond acceptors (Lipinski definition) is 4. The summed E-state index contributed by atoms with van der Waals surface area (Å²) in [6.07, 6.45) is 0. The molecule has 0 aromatic heterocycles. The van der Waals surface area contributed by atoms with Gasteiger partial charge >= 0.3 is 0 Å². The molecule has 0 aliphatic carbocycles. The van der Waals surface area contributed by atoms with E-state index >= 15 is 0 Å². The minimum Gasteiger partial charge on any atom is -0.380 e. The van der Waals surface area contributed by atoms with Crippen LogP contribution in [0.4, 0.5) is 0 Å². The van der Waals surface area contributed by atoms with E-state index in [0.29, 0.717) is 12.1 Å². The Morgan fingerprint density at radius 1 is 0.944 bits per heavy atom. The minimum atomic E-state index is 0.484. The summed E-state index contributed by atoms with van der Waals surface area (Å²) >= 11 is 0. The van der Waals surface area contributed by atoms with Gasteiger partial charge in [0.15, 0.2) is 0 Å². The van der Waals surface area contributed by atoms with Crippen LogP contribution in [0.3, 0.4) is 0 Å². The van der Waals surface area contributed by atoms with Gasteiger partial charge in [0, 0.05) is 38.4 Å². The van der Waals surface area contributed by atoms with Crippen molar-refractivity contribution in [1.29, 1.82) is 0 Å². The predicted molar refractivity (Wildman–Crippen MR) is 77.2 cm³/mol. The highest BCUT2D eigenvalue weighted by Crippen LogP contribution is 2.04. The van der Waals surface area contributed by atoms with Gasteiger partial charge in [0.25, 0.3) is 0 Å². The molecule has 110 valence electrons. The summed E-state index contributed by atoms with van der Waals surface area (Å²) in [5.41, 5.74) is 0. The average Bonchev–Trinajstić information content (AvgIpc) is 2.37. The van der Waals surface area contributed by atoms with E-state index in [9.17, 15) is 0 Å². The number of ether oxygens (including phenoxy) is 2. The van der Waals surface area contributed by atoms with Crippen LogP contribution in [0, 0.1) is 0 Å². The lowest BCUT2D eigenvalue weighted by molar-refractivity contribution is 0.0589. The molecule has 0 aromatic rings. The molecule has 0 saturated heterocycles. The molecule has 2 atom stereocenters. The van der Waals surface area contributed by atoms with Crippen LogP contribution in [0.2, 0.25) is 0 Å². The molecule has 0 radical (unpaired) electrons. The second-order valence-corrected chi connectivity index (χ2v) is 4.52. The summed E-state index contributed by atoms with van der Waals surface area (Å²) in [5, 5.41) is 3.48. The van der Waals surface area contributed by atoms with Crippen LogP contribution in [0.5, 0.6) is 0 Å². The van der Waals surface area contributed by atoms with Crippen molar-refractivity contribution in [2.45, 2.75) is 46.7 Å². The first-order chi connectivity index (χ1) is 8.67. The molecule has 0 bridgehead atoms. The maximum absolute atomic E-state index is 5.46. The first-order valence-corrected chi connectivity index (χ1v) is 7.30. The molecule has 0 aromatic carbocycles. The molecule has 0 aliphatic heterocycles. The smallest absolute Gasteiger partial charge is 0.0593 e. The Balaban J connectivity index is 4.14. The predicted octanol–water partition coefficient (Wildman–Crippen LogP) is 1.75. The molecule has 0 heterocycles. The fraction of sp³-hybridized carbons (Fsp3) is 1.00. The van der Waals surface area contributed by atoms with Gasteiger partial charge in [0.05, 0.1) is 13.2 Å². The zero-order valence-corrected chi connectivity index (χ0v) is 12.9. The van der Waals surface area contributed by atoms with Gasteiger partial charge in [-0.05, 0) is 34.2 Å². The third-order valence-electron chi connectivity index (χ3n) is 3.28. The van der Waals surface area contributed by atoms with Crippen LogP contribution in [-0.4, -0.2) is 63.0 Å². The summed E-state index contributed by atoms with van der Waals surface area (Å²) in [4.78, 5) is 2.44. The van der Waals surface area contributed by atoms with E-state index in [4.69, 9.17) is 9.47 Å². The highest BCUT2D eigenvalue weighted by molar-refractivity contribution is 4.77. The van der Waals surface area contributed by atoms with Crippen molar-refractivity contribution in [2.24, 2.45) is 0 Å². The molecule has 1 N–H and O–H groups in total. The third kappa shape index (κ3) is 8.03. The lowest BCUT2D eigenvalue weighted by atomic mass is 10.1. The highest BCUT2D eigenvalue weighted by Gasteiger charge is 2.18. The fourth-order valence-electron chi connectivity index (χ4n) is 1.98. The Morgan fingerprint density at radius 2 is 1.44 bits per heavy atom. The Bertz CT molecular complexity index is 169. The quantitative estimate of drug-likeness (QED) is 0.542. The largest absolute Gasteiger partial charge is 0.380 e. The van der Waals surface area contributed by atoms with E-state index in [2.05, 4.69) is 31.0 Å². The molecule has 0 saturated carbocycles. The van der Waals surface area contributed by atoms with Crippen molar-refractivity contribution in [2.75, 3.05) is 46.1 Å². The Labute approximate surface area is 113 Å². The lowest BCUT2D eigenvalue weighted by Crippen LogP contribution is -2.49. The molecular weight excluding hydrogens is 228 g/mol. The molecule has 4 heteroatoms. The van der Waals surface area contributed by atoms with Gasteiger partial charge < -0.3 is 14.8 Å². The zero-order valence-electron chi connectivity index (χ0n) is 12.9. The van der Waals surface area contributed by atoms with Gasteiger partial charge in [-0.25, -0.2) is 0 Å². The molecule has 2 unspecified atom stereocenters. The molecule has 0 rings (SSSR count). The van der Waals surface area contributed by atoms with Gasteiger partial charge in [0.1, 0.15) is 0 Å². The number of nitrogens with zero attached hydrogens (tertiary/aromatic N) is 1. The van der Waals surface area contributed by atoms with E-state index < -0.39 is 0 Å². The fourth-order valence-corrected chi connectivity index (χ4v) is 1.98.